The number of rotatable bonds is 6. The summed E-state index contributed by atoms with van der Waals surface area (Å²) in [5.41, 5.74) is 0. The monoisotopic (exact) mass is 346 g/mol. The molecule has 0 radical (unpaired) electrons. The molecule has 0 amide bonds. The van der Waals surface area contributed by atoms with Crippen LogP contribution < -0.4 is 24.6 Å². The Kier molecular flexibility index (Phi) is 4.96. The molecule has 1 aliphatic heterocycles. The van der Waals surface area contributed by atoms with Gasteiger partial charge < -0.3 is 24.6 Å². The molecule has 3 rings (SSSR count). The van der Waals surface area contributed by atoms with E-state index < -0.39 is 0 Å². The number of hydrogen-bond donors (Lipinski definition) is 1. The fraction of sp³-hybridized carbons (Fsp3) is 0.533. The normalized spacial score (nSPS) is 16.6. The van der Waals surface area contributed by atoms with E-state index in [1.165, 1.54) is 14.2 Å². The summed E-state index contributed by atoms with van der Waals surface area (Å²) >= 11 is 0. The Labute approximate surface area is 146 Å². The topological polar surface area (TPSA) is 101 Å². The van der Waals surface area contributed by atoms with Gasteiger partial charge in [0.1, 0.15) is 5.82 Å². The van der Waals surface area contributed by atoms with Gasteiger partial charge in [-0.25, -0.2) is 4.98 Å². The van der Waals surface area contributed by atoms with Gasteiger partial charge in [0.2, 0.25) is 11.9 Å². The Hall–Kier alpha value is -2.91. The maximum atomic E-state index is 5.11. The quantitative estimate of drug-likeness (QED) is 0.792. The minimum absolute atomic E-state index is 0.235. The summed E-state index contributed by atoms with van der Waals surface area (Å²) in [7, 11) is 6.87. The fourth-order valence-electron chi connectivity index (χ4n) is 2.57. The van der Waals surface area contributed by atoms with Crippen molar-refractivity contribution < 1.29 is 9.47 Å². The Bertz CT molecular complexity index is 704. The molecule has 1 saturated heterocycles. The molecule has 1 aliphatic rings. The van der Waals surface area contributed by atoms with Gasteiger partial charge in [0.15, 0.2) is 0 Å². The maximum absolute atomic E-state index is 5.11. The van der Waals surface area contributed by atoms with Crippen LogP contribution in [0.3, 0.4) is 0 Å². The first-order valence-electron chi connectivity index (χ1n) is 7.95. The smallest absolute Gasteiger partial charge is 0.324 e. The number of nitrogens with one attached hydrogen (secondary N) is 1. The van der Waals surface area contributed by atoms with Crippen molar-refractivity contribution in [2.75, 3.05) is 56.5 Å². The lowest BCUT2D eigenvalue weighted by Gasteiger charge is -2.18. The summed E-state index contributed by atoms with van der Waals surface area (Å²) in [4.78, 5) is 25.3. The van der Waals surface area contributed by atoms with Crippen LogP contribution in [0.25, 0.3) is 0 Å². The number of ether oxygens (including phenoxy) is 2. The third-order valence-corrected chi connectivity index (χ3v) is 3.81. The van der Waals surface area contributed by atoms with E-state index >= 15 is 0 Å². The second-order valence-corrected chi connectivity index (χ2v) is 5.82. The standard InChI is InChI=1S/C15H22N8O2/c1-22(2)12-16-7-5-11(18-12)17-10-6-8-23(9-10)13-19-14(24-3)21-15(20-13)25-4/h5,7,10H,6,8-9H2,1-4H3,(H,16,17,18). The average Bonchev–Trinajstić information content (AvgIpc) is 3.10. The van der Waals surface area contributed by atoms with Gasteiger partial charge in [0, 0.05) is 39.4 Å². The van der Waals surface area contributed by atoms with Crippen LogP contribution in [0.15, 0.2) is 12.3 Å². The highest BCUT2D eigenvalue weighted by Crippen LogP contribution is 2.22. The Morgan fingerprint density at radius 3 is 2.48 bits per heavy atom. The summed E-state index contributed by atoms with van der Waals surface area (Å²) in [5, 5.41) is 3.44. The van der Waals surface area contributed by atoms with E-state index in [0.29, 0.717) is 11.9 Å². The number of anilines is 3. The highest BCUT2D eigenvalue weighted by Gasteiger charge is 2.26. The molecule has 2 aromatic heterocycles. The average molecular weight is 346 g/mol. The summed E-state index contributed by atoms with van der Waals surface area (Å²) in [6.07, 6.45) is 2.69. The van der Waals surface area contributed by atoms with Crippen LogP contribution in [0, 0.1) is 0 Å². The van der Waals surface area contributed by atoms with Crippen molar-refractivity contribution in [3.05, 3.63) is 12.3 Å². The highest BCUT2D eigenvalue weighted by molar-refractivity contribution is 5.43. The maximum Gasteiger partial charge on any atom is 0.324 e. The number of methoxy groups -OCH3 is 2. The summed E-state index contributed by atoms with van der Waals surface area (Å²) in [6.45, 7) is 1.57. The molecule has 1 atom stereocenters. The van der Waals surface area contributed by atoms with Gasteiger partial charge >= 0.3 is 12.0 Å². The van der Waals surface area contributed by atoms with Gasteiger partial charge in [-0.3, -0.25) is 0 Å². The third kappa shape index (κ3) is 3.95. The Balaban J connectivity index is 1.69. The van der Waals surface area contributed by atoms with Crippen LogP contribution in [0.2, 0.25) is 0 Å². The van der Waals surface area contributed by atoms with Crippen molar-refractivity contribution in [3.63, 3.8) is 0 Å². The van der Waals surface area contributed by atoms with Crippen molar-refractivity contribution in [1.29, 1.82) is 0 Å². The predicted molar refractivity (Wildman–Crippen MR) is 93.5 cm³/mol. The van der Waals surface area contributed by atoms with Crippen LogP contribution in [0.4, 0.5) is 17.7 Å². The summed E-state index contributed by atoms with van der Waals surface area (Å²) in [5.74, 6) is 2.02. The molecule has 0 bridgehead atoms. The fourth-order valence-corrected chi connectivity index (χ4v) is 2.57. The zero-order valence-electron chi connectivity index (χ0n) is 14.8. The molecule has 10 heteroatoms. The zero-order valence-corrected chi connectivity index (χ0v) is 14.8. The summed E-state index contributed by atoms with van der Waals surface area (Å²) in [6, 6.07) is 2.58. The molecule has 0 saturated carbocycles. The minimum Gasteiger partial charge on any atom is -0.467 e. The zero-order chi connectivity index (χ0) is 17.8. The molecule has 1 N–H and O–H groups in total. The lowest BCUT2D eigenvalue weighted by atomic mass is 10.2. The van der Waals surface area contributed by atoms with Gasteiger partial charge in [-0.1, -0.05) is 0 Å². The lowest BCUT2D eigenvalue weighted by Crippen LogP contribution is -2.28. The first kappa shape index (κ1) is 16.9. The lowest BCUT2D eigenvalue weighted by molar-refractivity contribution is 0.340. The van der Waals surface area contributed by atoms with Crippen molar-refractivity contribution in [2.45, 2.75) is 12.5 Å². The molecule has 3 heterocycles. The van der Waals surface area contributed by atoms with E-state index in [-0.39, 0.29) is 18.1 Å². The Morgan fingerprint density at radius 1 is 1.12 bits per heavy atom. The van der Waals surface area contributed by atoms with E-state index in [2.05, 4.69) is 35.1 Å². The second-order valence-electron chi connectivity index (χ2n) is 5.82. The van der Waals surface area contributed by atoms with E-state index in [0.717, 1.165) is 25.3 Å². The van der Waals surface area contributed by atoms with Crippen LogP contribution in [0.5, 0.6) is 12.0 Å². The minimum atomic E-state index is 0.235. The molecule has 1 fully saturated rings. The first-order valence-corrected chi connectivity index (χ1v) is 7.95. The Morgan fingerprint density at radius 2 is 1.84 bits per heavy atom. The van der Waals surface area contributed by atoms with Gasteiger partial charge in [-0.05, 0) is 12.5 Å². The molecule has 0 aliphatic carbocycles. The number of aromatic nitrogens is 5. The molecule has 134 valence electrons. The number of hydrogen-bond acceptors (Lipinski definition) is 10. The largest absolute Gasteiger partial charge is 0.467 e. The second kappa shape index (κ2) is 7.32. The first-order chi connectivity index (χ1) is 12.1. The molecule has 0 aromatic carbocycles. The molecule has 2 aromatic rings. The molecular formula is C15H22N8O2. The van der Waals surface area contributed by atoms with Crippen molar-refractivity contribution in [3.8, 4) is 12.0 Å². The van der Waals surface area contributed by atoms with Gasteiger partial charge in [0.05, 0.1) is 14.2 Å². The van der Waals surface area contributed by atoms with Crippen LogP contribution in [-0.4, -0.2) is 72.4 Å². The van der Waals surface area contributed by atoms with Crippen molar-refractivity contribution in [2.24, 2.45) is 0 Å². The number of nitrogens with zero attached hydrogens (tertiary/aromatic N) is 7. The molecular weight excluding hydrogens is 324 g/mol. The van der Waals surface area contributed by atoms with Crippen LogP contribution in [0.1, 0.15) is 6.42 Å². The van der Waals surface area contributed by atoms with E-state index in [4.69, 9.17) is 9.47 Å². The van der Waals surface area contributed by atoms with E-state index in [1.807, 2.05) is 25.1 Å². The highest BCUT2D eigenvalue weighted by atomic mass is 16.5. The van der Waals surface area contributed by atoms with E-state index in [1.54, 1.807) is 6.20 Å². The molecule has 25 heavy (non-hydrogen) atoms. The molecule has 10 nitrogen and oxygen atoms in total. The van der Waals surface area contributed by atoms with Crippen molar-refractivity contribution in [1.82, 2.24) is 24.9 Å². The van der Waals surface area contributed by atoms with Crippen LogP contribution in [-0.2, 0) is 0 Å². The van der Waals surface area contributed by atoms with Gasteiger partial charge in [0.25, 0.3) is 0 Å². The SMILES string of the molecule is COc1nc(OC)nc(N2CCC(Nc3ccnc(N(C)C)n3)C2)n1. The van der Waals surface area contributed by atoms with Gasteiger partial charge in [-0.15, -0.1) is 4.98 Å². The molecule has 0 spiro atoms. The van der Waals surface area contributed by atoms with E-state index in [9.17, 15) is 0 Å². The van der Waals surface area contributed by atoms with Crippen molar-refractivity contribution >= 4 is 17.7 Å². The molecule has 1 unspecified atom stereocenters. The predicted octanol–water partition coefficient (Wildman–Crippen LogP) is 0.436. The van der Waals surface area contributed by atoms with Gasteiger partial charge in [-0.2, -0.15) is 15.0 Å². The van der Waals surface area contributed by atoms with Crippen LogP contribution >= 0.6 is 0 Å². The third-order valence-electron chi connectivity index (χ3n) is 3.81. The summed E-state index contributed by atoms with van der Waals surface area (Å²) < 4.78 is 10.2.